The van der Waals surface area contributed by atoms with E-state index < -0.39 is 23.9 Å². The standard InChI is InChI=1S/C23H22N6O6/c1-4-34-15-8-6-5-7-14(15)21-24-18(35-26-21)12-28-20-19(25-27-28)22(30)29(23(20)31)13-9-10-16(32-2)17(11-13)33-3/h5-11,19-20H,4,12H2,1-3H3/t19-,20+/m1/s1. The van der Waals surface area contributed by atoms with E-state index in [-0.39, 0.29) is 12.4 Å². The lowest BCUT2D eigenvalue weighted by atomic mass is 10.1. The van der Waals surface area contributed by atoms with E-state index in [0.29, 0.717) is 40.9 Å². The van der Waals surface area contributed by atoms with Gasteiger partial charge in [-0.1, -0.05) is 22.5 Å². The molecular weight excluding hydrogens is 456 g/mol. The van der Waals surface area contributed by atoms with Crippen molar-refractivity contribution in [1.29, 1.82) is 0 Å². The number of hydrogen-bond donors (Lipinski definition) is 0. The van der Waals surface area contributed by atoms with Crippen molar-refractivity contribution in [2.75, 3.05) is 25.7 Å². The van der Waals surface area contributed by atoms with Crippen molar-refractivity contribution in [2.24, 2.45) is 10.3 Å². The van der Waals surface area contributed by atoms with Crippen molar-refractivity contribution in [3.63, 3.8) is 0 Å². The molecule has 12 heteroatoms. The van der Waals surface area contributed by atoms with E-state index in [0.717, 1.165) is 4.90 Å². The maximum Gasteiger partial charge on any atom is 0.263 e. The van der Waals surface area contributed by atoms with Crippen LogP contribution in [0.2, 0.25) is 0 Å². The number of aromatic nitrogens is 2. The Morgan fingerprint density at radius 1 is 1.00 bits per heavy atom. The molecule has 2 amide bonds. The van der Waals surface area contributed by atoms with Gasteiger partial charge in [0.2, 0.25) is 11.7 Å². The van der Waals surface area contributed by atoms with Gasteiger partial charge in [0.15, 0.2) is 23.6 Å². The van der Waals surface area contributed by atoms with Gasteiger partial charge in [0, 0.05) is 6.07 Å². The molecule has 0 saturated carbocycles. The summed E-state index contributed by atoms with van der Waals surface area (Å²) in [6.07, 6.45) is 0. The number of rotatable bonds is 8. The molecule has 3 heterocycles. The Hall–Kier alpha value is -4.48. The van der Waals surface area contributed by atoms with Crippen LogP contribution in [0.5, 0.6) is 17.2 Å². The average Bonchev–Trinajstić information content (AvgIpc) is 3.57. The van der Waals surface area contributed by atoms with Crippen LogP contribution in [-0.4, -0.2) is 59.9 Å². The Morgan fingerprint density at radius 2 is 1.80 bits per heavy atom. The smallest absolute Gasteiger partial charge is 0.263 e. The number of benzene rings is 2. The van der Waals surface area contributed by atoms with Crippen LogP contribution < -0.4 is 19.1 Å². The van der Waals surface area contributed by atoms with Crippen molar-refractivity contribution in [2.45, 2.75) is 25.6 Å². The minimum Gasteiger partial charge on any atom is -0.493 e. The van der Waals surface area contributed by atoms with Gasteiger partial charge in [0.05, 0.1) is 32.1 Å². The molecule has 0 radical (unpaired) electrons. The summed E-state index contributed by atoms with van der Waals surface area (Å²) in [4.78, 5) is 31.8. The van der Waals surface area contributed by atoms with Gasteiger partial charge in [-0.05, 0) is 31.2 Å². The van der Waals surface area contributed by atoms with Gasteiger partial charge < -0.3 is 18.7 Å². The zero-order valence-electron chi connectivity index (χ0n) is 19.2. The van der Waals surface area contributed by atoms with Crippen molar-refractivity contribution in [1.82, 2.24) is 15.1 Å². The van der Waals surface area contributed by atoms with Crippen LogP contribution in [-0.2, 0) is 16.1 Å². The Kier molecular flexibility index (Phi) is 5.77. The second-order valence-corrected chi connectivity index (χ2v) is 7.68. The molecule has 1 saturated heterocycles. The molecule has 0 bridgehead atoms. The molecule has 35 heavy (non-hydrogen) atoms. The molecule has 1 fully saturated rings. The molecule has 2 aromatic carbocycles. The minimum atomic E-state index is -0.961. The van der Waals surface area contributed by atoms with E-state index >= 15 is 0 Å². The van der Waals surface area contributed by atoms with E-state index in [2.05, 4.69) is 20.5 Å². The second-order valence-electron chi connectivity index (χ2n) is 7.68. The number of para-hydroxylation sites is 1. The first-order chi connectivity index (χ1) is 17.0. The minimum absolute atomic E-state index is 0.00720. The third-order valence-electron chi connectivity index (χ3n) is 5.68. The first-order valence-corrected chi connectivity index (χ1v) is 10.9. The zero-order valence-corrected chi connectivity index (χ0v) is 19.2. The number of amides is 2. The number of imide groups is 1. The summed E-state index contributed by atoms with van der Waals surface area (Å²) < 4.78 is 21.6. The molecule has 2 atom stereocenters. The number of methoxy groups -OCH3 is 2. The molecular formula is C23H22N6O6. The predicted molar refractivity (Wildman–Crippen MR) is 121 cm³/mol. The highest BCUT2D eigenvalue weighted by molar-refractivity contribution is 6.25. The predicted octanol–water partition coefficient (Wildman–Crippen LogP) is 2.65. The monoisotopic (exact) mass is 478 g/mol. The van der Waals surface area contributed by atoms with E-state index in [1.165, 1.54) is 19.2 Å². The number of nitrogens with zero attached hydrogens (tertiary/aromatic N) is 6. The summed E-state index contributed by atoms with van der Waals surface area (Å²) >= 11 is 0. The SMILES string of the molecule is CCOc1ccccc1-c1noc(CN2N=N[C@H]3C(=O)N(c4ccc(OC)c(OC)c4)C(=O)[C@H]32)n1. The van der Waals surface area contributed by atoms with Crippen LogP contribution in [0.4, 0.5) is 5.69 Å². The summed E-state index contributed by atoms with van der Waals surface area (Å²) in [5.74, 6) is 1.13. The summed E-state index contributed by atoms with van der Waals surface area (Å²) in [7, 11) is 2.98. The summed E-state index contributed by atoms with van der Waals surface area (Å²) in [5.41, 5.74) is 1.03. The molecule has 5 rings (SSSR count). The maximum absolute atomic E-state index is 13.3. The van der Waals surface area contributed by atoms with Crippen molar-refractivity contribution < 1.29 is 28.3 Å². The Balaban J connectivity index is 1.36. The van der Waals surface area contributed by atoms with Crippen LogP contribution in [0.25, 0.3) is 11.4 Å². The van der Waals surface area contributed by atoms with Crippen LogP contribution in [0, 0.1) is 0 Å². The highest BCUT2D eigenvalue weighted by atomic mass is 16.5. The molecule has 0 spiro atoms. The number of fused-ring (bicyclic) bond motifs is 1. The Bertz CT molecular complexity index is 1310. The lowest BCUT2D eigenvalue weighted by Crippen LogP contribution is -2.39. The van der Waals surface area contributed by atoms with E-state index in [1.807, 2.05) is 31.2 Å². The maximum atomic E-state index is 13.3. The molecule has 0 unspecified atom stereocenters. The lowest BCUT2D eigenvalue weighted by Gasteiger charge is -2.20. The number of hydrogen-bond acceptors (Lipinski definition) is 11. The van der Waals surface area contributed by atoms with Gasteiger partial charge in [-0.15, -0.1) is 0 Å². The molecule has 0 N–H and O–H groups in total. The molecule has 180 valence electrons. The molecule has 2 aliphatic rings. The normalized spacial score (nSPS) is 18.8. The van der Waals surface area contributed by atoms with Gasteiger partial charge in [-0.3, -0.25) is 14.6 Å². The first kappa shape index (κ1) is 22.3. The lowest BCUT2D eigenvalue weighted by molar-refractivity contribution is -0.123. The third kappa shape index (κ3) is 3.82. The molecule has 3 aromatic rings. The van der Waals surface area contributed by atoms with E-state index in [4.69, 9.17) is 18.7 Å². The molecule has 12 nitrogen and oxygen atoms in total. The van der Waals surface area contributed by atoms with Gasteiger partial charge in [-0.25, -0.2) is 4.90 Å². The Morgan fingerprint density at radius 3 is 2.57 bits per heavy atom. The van der Waals surface area contributed by atoms with Crippen LogP contribution in [0.3, 0.4) is 0 Å². The van der Waals surface area contributed by atoms with Crippen molar-refractivity contribution in [3.8, 4) is 28.6 Å². The van der Waals surface area contributed by atoms with Gasteiger partial charge in [0.25, 0.3) is 11.8 Å². The fraction of sp³-hybridized carbons (Fsp3) is 0.304. The fourth-order valence-corrected chi connectivity index (χ4v) is 4.07. The van der Waals surface area contributed by atoms with Crippen LogP contribution >= 0.6 is 0 Å². The molecule has 1 aromatic heterocycles. The fourth-order valence-electron chi connectivity index (χ4n) is 4.07. The van der Waals surface area contributed by atoms with Crippen LogP contribution in [0.15, 0.2) is 57.3 Å². The first-order valence-electron chi connectivity index (χ1n) is 10.9. The van der Waals surface area contributed by atoms with Crippen molar-refractivity contribution in [3.05, 3.63) is 48.4 Å². The highest BCUT2D eigenvalue weighted by Gasteiger charge is 2.55. The van der Waals surface area contributed by atoms with Gasteiger partial charge >= 0.3 is 0 Å². The third-order valence-corrected chi connectivity index (χ3v) is 5.68. The van der Waals surface area contributed by atoms with Gasteiger partial charge in [0.1, 0.15) is 12.3 Å². The highest BCUT2D eigenvalue weighted by Crippen LogP contribution is 2.37. The number of ether oxygens (including phenoxy) is 3. The summed E-state index contributed by atoms with van der Waals surface area (Å²) in [5, 5.41) is 13.5. The topological polar surface area (TPSA) is 132 Å². The molecule has 0 aliphatic carbocycles. The second kappa shape index (κ2) is 9.05. The van der Waals surface area contributed by atoms with Crippen LogP contribution in [0.1, 0.15) is 12.8 Å². The summed E-state index contributed by atoms with van der Waals surface area (Å²) in [6, 6.07) is 10.3. The number of anilines is 1. The largest absolute Gasteiger partial charge is 0.493 e. The number of carbonyl (C=O) groups is 2. The van der Waals surface area contributed by atoms with Gasteiger partial charge in [-0.2, -0.15) is 10.1 Å². The number of carbonyl (C=O) groups excluding carboxylic acids is 2. The Labute approximate surface area is 200 Å². The van der Waals surface area contributed by atoms with E-state index in [9.17, 15) is 9.59 Å². The zero-order chi connectivity index (χ0) is 24.5. The average molecular weight is 478 g/mol. The molecule has 2 aliphatic heterocycles. The quantitative estimate of drug-likeness (QED) is 0.448. The van der Waals surface area contributed by atoms with E-state index in [1.54, 1.807) is 18.2 Å². The summed E-state index contributed by atoms with van der Waals surface area (Å²) in [6.45, 7) is 2.39. The van der Waals surface area contributed by atoms with Crippen molar-refractivity contribution >= 4 is 17.5 Å².